The maximum absolute atomic E-state index is 11.8. The molecule has 6 heteroatoms. The number of likely N-dealkylation sites (tertiary alicyclic amines) is 1. The summed E-state index contributed by atoms with van der Waals surface area (Å²) in [5.41, 5.74) is 3.51. The third-order valence-electron chi connectivity index (χ3n) is 4.89. The number of amides is 1. The van der Waals surface area contributed by atoms with Gasteiger partial charge in [0.1, 0.15) is 0 Å². The Morgan fingerprint density at radius 2 is 1.93 bits per heavy atom. The summed E-state index contributed by atoms with van der Waals surface area (Å²) in [5, 5.41) is 4.16. The van der Waals surface area contributed by atoms with E-state index in [2.05, 4.69) is 33.4 Å². The molecule has 0 atom stereocenters. The molecule has 1 saturated heterocycles. The number of carbonyl (C=O) groups is 1. The van der Waals surface area contributed by atoms with E-state index in [1.165, 1.54) is 16.7 Å². The van der Waals surface area contributed by atoms with Crippen molar-refractivity contribution in [1.29, 1.82) is 0 Å². The summed E-state index contributed by atoms with van der Waals surface area (Å²) in [6.07, 6.45) is 1.65. The highest BCUT2D eigenvalue weighted by Crippen LogP contribution is 2.15. The molecule has 1 heterocycles. The Morgan fingerprint density at radius 1 is 1.18 bits per heavy atom. The maximum Gasteiger partial charge on any atom is 0.222 e. The van der Waals surface area contributed by atoms with Crippen LogP contribution < -0.4 is 5.32 Å². The SMILES string of the molecule is CN=C(NCc1cccc(CN2CCCC2=O)c1)N(C)Cc1ccc(Cl)cc1. The molecular weight excluding hydrogens is 372 g/mol. The van der Waals surface area contributed by atoms with Gasteiger partial charge in [0.25, 0.3) is 0 Å². The first kappa shape index (κ1) is 20.2. The molecule has 1 amide bonds. The summed E-state index contributed by atoms with van der Waals surface area (Å²) in [6.45, 7) is 2.98. The molecule has 0 aromatic heterocycles. The molecule has 1 aliphatic rings. The van der Waals surface area contributed by atoms with Crippen LogP contribution in [0.25, 0.3) is 0 Å². The van der Waals surface area contributed by atoms with Crippen LogP contribution in [0.3, 0.4) is 0 Å². The fourth-order valence-electron chi connectivity index (χ4n) is 3.43. The van der Waals surface area contributed by atoms with Crippen LogP contribution in [0.2, 0.25) is 5.02 Å². The Labute approximate surface area is 172 Å². The number of nitrogens with zero attached hydrogens (tertiary/aromatic N) is 3. The van der Waals surface area contributed by atoms with Crippen molar-refractivity contribution in [3.8, 4) is 0 Å². The van der Waals surface area contributed by atoms with Gasteiger partial charge in [-0.05, 0) is 35.2 Å². The van der Waals surface area contributed by atoms with Crippen molar-refractivity contribution in [2.45, 2.75) is 32.5 Å². The van der Waals surface area contributed by atoms with E-state index in [0.717, 1.165) is 30.5 Å². The second-order valence-corrected chi connectivity index (χ2v) is 7.56. The lowest BCUT2D eigenvalue weighted by Crippen LogP contribution is -2.38. The number of nitrogens with one attached hydrogen (secondary N) is 1. The summed E-state index contributed by atoms with van der Waals surface area (Å²) in [5.74, 6) is 1.09. The number of carbonyl (C=O) groups excluding carboxylic acids is 1. The van der Waals surface area contributed by atoms with Crippen molar-refractivity contribution in [3.05, 3.63) is 70.2 Å². The van der Waals surface area contributed by atoms with Crippen molar-refractivity contribution >= 4 is 23.5 Å². The second-order valence-electron chi connectivity index (χ2n) is 7.12. The van der Waals surface area contributed by atoms with E-state index in [-0.39, 0.29) is 5.91 Å². The molecule has 3 rings (SSSR count). The van der Waals surface area contributed by atoms with Crippen LogP contribution >= 0.6 is 11.6 Å². The maximum atomic E-state index is 11.8. The van der Waals surface area contributed by atoms with Crippen LogP contribution in [0, 0.1) is 0 Å². The molecular formula is C22H27ClN4O. The van der Waals surface area contributed by atoms with Gasteiger partial charge in [0, 0.05) is 51.7 Å². The van der Waals surface area contributed by atoms with Gasteiger partial charge in [0.2, 0.25) is 5.91 Å². The predicted molar refractivity (Wildman–Crippen MR) is 114 cm³/mol. The molecule has 0 aliphatic carbocycles. The van der Waals surface area contributed by atoms with Gasteiger partial charge < -0.3 is 15.1 Å². The molecule has 0 radical (unpaired) electrons. The predicted octanol–water partition coefficient (Wildman–Crippen LogP) is 3.67. The van der Waals surface area contributed by atoms with E-state index in [0.29, 0.717) is 19.5 Å². The Hall–Kier alpha value is -2.53. The number of hydrogen-bond acceptors (Lipinski definition) is 2. The first-order valence-electron chi connectivity index (χ1n) is 9.57. The molecule has 28 heavy (non-hydrogen) atoms. The van der Waals surface area contributed by atoms with Crippen LogP contribution in [0.15, 0.2) is 53.5 Å². The molecule has 1 aliphatic heterocycles. The number of aliphatic imine (C=N–C) groups is 1. The van der Waals surface area contributed by atoms with Crippen molar-refractivity contribution in [1.82, 2.24) is 15.1 Å². The zero-order chi connectivity index (χ0) is 19.9. The fourth-order valence-corrected chi connectivity index (χ4v) is 3.56. The lowest BCUT2D eigenvalue weighted by atomic mass is 10.1. The average molecular weight is 399 g/mol. The largest absolute Gasteiger partial charge is 0.352 e. The lowest BCUT2D eigenvalue weighted by Gasteiger charge is -2.22. The van der Waals surface area contributed by atoms with Crippen molar-refractivity contribution in [3.63, 3.8) is 0 Å². The molecule has 1 fully saturated rings. The van der Waals surface area contributed by atoms with Crippen molar-refractivity contribution in [2.75, 3.05) is 20.6 Å². The Balaban J connectivity index is 1.56. The van der Waals surface area contributed by atoms with Gasteiger partial charge in [-0.25, -0.2) is 0 Å². The van der Waals surface area contributed by atoms with Crippen molar-refractivity contribution in [2.24, 2.45) is 4.99 Å². The minimum absolute atomic E-state index is 0.257. The van der Waals surface area contributed by atoms with E-state index in [4.69, 9.17) is 11.6 Å². The first-order chi connectivity index (χ1) is 13.5. The van der Waals surface area contributed by atoms with Crippen LogP contribution in [-0.2, 0) is 24.4 Å². The molecule has 1 N–H and O–H groups in total. The highest BCUT2D eigenvalue weighted by atomic mass is 35.5. The molecule has 0 unspecified atom stereocenters. The lowest BCUT2D eigenvalue weighted by molar-refractivity contribution is -0.128. The van der Waals surface area contributed by atoms with Gasteiger partial charge >= 0.3 is 0 Å². The van der Waals surface area contributed by atoms with Gasteiger partial charge in [-0.2, -0.15) is 0 Å². The Kier molecular flexibility index (Phi) is 6.93. The van der Waals surface area contributed by atoms with Gasteiger partial charge in [-0.15, -0.1) is 0 Å². The number of rotatable bonds is 6. The molecule has 148 valence electrons. The fraction of sp³-hybridized carbons (Fsp3) is 0.364. The van der Waals surface area contributed by atoms with E-state index >= 15 is 0 Å². The van der Waals surface area contributed by atoms with E-state index < -0.39 is 0 Å². The van der Waals surface area contributed by atoms with Gasteiger partial charge in [0.15, 0.2) is 5.96 Å². The standard InChI is InChI=1S/C22H27ClN4O/c1-24-22(26(2)15-17-8-10-20(23)11-9-17)25-14-18-5-3-6-19(13-18)16-27-12-4-7-21(27)28/h3,5-6,8-11,13H,4,7,12,14-16H2,1-2H3,(H,24,25). The van der Waals surface area contributed by atoms with Gasteiger partial charge in [0.05, 0.1) is 0 Å². The molecule has 2 aromatic carbocycles. The summed E-state index contributed by atoms with van der Waals surface area (Å²) in [4.78, 5) is 20.2. The molecule has 0 bridgehead atoms. The van der Waals surface area contributed by atoms with Gasteiger partial charge in [-0.3, -0.25) is 9.79 Å². The smallest absolute Gasteiger partial charge is 0.222 e. The van der Waals surface area contributed by atoms with Crippen LogP contribution in [0.1, 0.15) is 29.5 Å². The number of halogens is 1. The number of hydrogen-bond donors (Lipinski definition) is 1. The minimum Gasteiger partial charge on any atom is -0.352 e. The third-order valence-corrected chi connectivity index (χ3v) is 5.15. The average Bonchev–Trinajstić information content (AvgIpc) is 3.09. The van der Waals surface area contributed by atoms with E-state index in [1.54, 1.807) is 7.05 Å². The van der Waals surface area contributed by atoms with E-state index in [1.807, 2.05) is 42.3 Å². The normalized spacial score (nSPS) is 14.5. The van der Waals surface area contributed by atoms with Crippen LogP contribution in [0.5, 0.6) is 0 Å². The molecule has 5 nitrogen and oxygen atoms in total. The minimum atomic E-state index is 0.257. The second kappa shape index (κ2) is 9.60. The quantitative estimate of drug-likeness (QED) is 0.596. The molecule has 2 aromatic rings. The third kappa shape index (κ3) is 5.49. The van der Waals surface area contributed by atoms with Crippen LogP contribution in [-0.4, -0.2) is 42.3 Å². The summed E-state index contributed by atoms with van der Waals surface area (Å²) in [7, 11) is 3.80. The number of guanidine groups is 1. The van der Waals surface area contributed by atoms with Crippen molar-refractivity contribution < 1.29 is 4.79 Å². The summed E-state index contributed by atoms with van der Waals surface area (Å²) < 4.78 is 0. The van der Waals surface area contributed by atoms with Crippen LogP contribution in [0.4, 0.5) is 0 Å². The zero-order valence-electron chi connectivity index (χ0n) is 16.5. The van der Waals surface area contributed by atoms with Gasteiger partial charge in [-0.1, -0.05) is 48.0 Å². The van der Waals surface area contributed by atoms with E-state index in [9.17, 15) is 4.79 Å². The number of benzene rings is 2. The first-order valence-corrected chi connectivity index (χ1v) is 9.95. The molecule has 0 spiro atoms. The monoisotopic (exact) mass is 398 g/mol. The Morgan fingerprint density at radius 3 is 2.61 bits per heavy atom. The molecule has 0 saturated carbocycles. The highest BCUT2D eigenvalue weighted by Gasteiger charge is 2.19. The summed E-state index contributed by atoms with van der Waals surface area (Å²) in [6, 6.07) is 16.2. The Bertz CT molecular complexity index is 835. The topological polar surface area (TPSA) is 47.9 Å². The highest BCUT2D eigenvalue weighted by molar-refractivity contribution is 6.30. The zero-order valence-corrected chi connectivity index (χ0v) is 17.2. The summed E-state index contributed by atoms with van der Waals surface area (Å²) >= 11 is 5.96.